The molecule has 17 heavy (non-hydrogen) atoms. The van der Waals surface area contributed by atoms with Crippen molar-refractivity contribution < 1.29 is 4.79 Å². The zero-order chi connectivity index (χ0) is 13.0. The molecule has 1 aromatic rings. The van der Waals surface area contributed by atoms with Gasteiger partial charge >= 0.3 is 0 Å². The quantitative estimate of drug-likeness (QED) is 0.620. The van der Waals surface area contributed by atoms with Crippen LogP contribution in [0.1, 0.15) is 31.1 Å². The molecule has 1 aromatic carbocycles. The van der Waals surface area contributed by atoms with Gasteiger partial charge in [0, 0.05) is 24.3 Å². The number of nitrogens with zero attached hydrogens (tertiary/aromatic N) is 1. The summed E-state index contributed by atoms with van der Waals surface area (Å²) in [5, 5.41) is 0. The lowest BCUT2D eigenvalue weighted by Crippen LogP contribution is -2.38. The second-order valence-corrected chi connectivity index (χ2v) is 4.62. The van der Waals surface area contributed by atoms with Crippen LogP contribution in [0.15, 0.2) is 24.3 Å². The van der Waals surface area contributed by atoms with E-state index in [4.69, 9.17) is 5.84 Å². The molecule has 0 saturated carbocycles. The van der Waals surface area contributed by atoms with Gasteiger partial charge in [0.25, 0.3) is 5.91 Å². The van der Waals surface area contributed by atoms with Gasteiger partial charge in [-0.25, -0.2) is 0 Å². The Kier molecular flexibility index (Phi) is 4.52. The molecule has 0 heterocycles. The second kappa shape index (κ2) is 5.68. The highest BCUT2D eigenvalue weighted by Gasteiger charge is 2.19. The fourth-order valence-corrected chi connectivity index (χ4v) is 1.54. The van der Waals surface area contributed by atoms with E-state index in [-0.39, 0.29) is 11.9 Å². The molecule has 0 aromatic heterocycles. The lowest BCUT2D eigenvalue weighted by molar-refractivity contribution is 0.0707. The Balaban J connectivity index is 2.81. The molecule has 4 nitrogen and oxygen atoms in total. The molecule has 0 aliphatic heterocycles. The zero-order valence-electron chi connectivity index (χ0n) is 10.9. The summed E-state index contributed by atoms with van der Waals surface area (Å²) in [6.07, 6.45) is 0. The summed E-state index contributed by atoms with van der Waals surface area (Å²) in [5.74, 6) is 5.75. The van der Waals surface area contributed by atoms with Crippen LogP contribution in [0.5, 0.6) is 0 Å². The zero-order valence-corrected chi connectivity index (χ0v) is 10.9. The molecule has 0 saturated heterocycles. The molecule has 0 radical (unpaired) electrons. The number of hydrogen-bond acceptors (Lipinski definition) is 3. The van der Waals surface area contributed by atoms with E-state index in [2.05, 4.69) is 26.2 Å². The van der Waals surface area contributed by atoms with Crippen molar-refractivity contribution in [1.29, 1.82) is 0 Å². The fourth-order valence-electron chi connectivity index (χ4n) is 1.54. The maximum atomic E-state index is 12.2. The third kappa shape index (κ3) is 3.20. The lowest BCUT2D eigenvalue weighted by atomic mass is 10.0. The summed E-state index contributed by atoms with van der Waals surface area (Å²) >= 11 is 0. The van der Waals surface area contributed by atoms with Crippen LogP contribution in [0.25, 0.3) is 0 Å². The van der Waals surface area contributed by atoms with E-state index in [9.17, 15) is 4.79 Å². The minimum absolute atomic E-state index is 0.0368. The molecule has 3 N–H and O–H groups in total. The lowest BCUT2D eigenvalue weighted by Gasteiger charge is -2.28. The minimum Gasteiger partial charge on any atom is -0.339 e. The van der Waals surface area contributed by atoms with Crippen LogP contribution in [0, 0.1) is 5.92 Å². The van der Waals surface area contributed by atoms with Crippen LogP contribution in [-0.2, 0) is 0 Å². The highest BCUT2D eigenvalue weighted by Crippen LogP contribution is 2.14. The molecule has 4 heteroatoms. The first kappa shape index (κ1) is 13.5. The largest absolute Gasteiger partial charge is 0.339 e. The first-order valence-corrected chi connectivity index (χ1v) is 5.81. The minimum atomic E-state index is 0.0368. The fraction of sp³-hybridized carbons (Fsp3) is 0.462. The van der Waals surface area contributed by atoms with Crippen molar-refractivity contribution >= 4 is 11.6 Å². The average molecular weight is 235 g/mol. The second-order valence-electron chi connectivity index (χ2n) is 4.62. The van der Waals surface area contributed by atoms with E-state index in [0.29, 0.717) is 11.5 Å². The van der Waals surface area contributed by atoms with Crippen LogP contribution in [0.3, 0.4) is 0 Å². The third-order valence-electron chi connectivity index (χ3n) is 3.19. The van der Waals surface area contributed by atoms with Gasteiger partial charge in [-0.05, 0) is 37.1 Å². The molecule has 0 fully saturated rings. The van der Waals surface area contributed by atoms with Crippen LogP contribution < -0.4 is 11.3 Å². The Morgan fingerprint density at radius 3 is 2.18 bits per heavy atom. The van der Waals surface area contributed by atoms with Crippen molar-refractivity contribution in [3.8, 4) is 0 Å². The SMILES string of the molecule is CC(C)C(C)N(C)C(=O)c1ccc(NN)cc1. The molecule has 0 aliphatic rings. The number of rotatable bonds is 4. The number of benzene rings is 1. The average Bonchev–Trinajstić information content (AvgIpc) is 2.36. The van der Waals surface area contributed by atoms with Gasteiger partial charge in [0.1, 0.15) is 0 Å². The molecule has 1 amide bonds. The van der Waals surface area contributed by atoms with Crippen molar-refractivity contribution in [2.75, 3.05) is 12.5 Å². The van der Waals surface area contributed by atoms with Gasteiger partial charge in [0.05, 0.1) is 0 Å². The normalized spacial score (nSPS) is 12.4. The van der Waals surface area contributed by atoms with E-state index in [0.717, 1.165) is 5.69 Å². The molecule has 1 rings (SSSR count). The Hall–Kier alpha value is -1.55. The van der Waals surface area contributed by atoms with Crippen molar-refractivity contribution in [1.82, 2.24) is 4.90 Å². The third-order valence-corrected chi connectivity index (χ3v) is 3.19. The maximum Gasteiger partial charge on any atom is 0.253 e. The van der Waals surface area contributed by atoms with Crippen LogP contribution >= 0.6 is 0 Å². The first-order valence-electron chi connectivity index (χ1n) is 5.81. The first-order chi connectivity index (χ1) is 7.97. The van der Waals surface area contributed by atoms with Crippen molar-refractivity contribution in [3.63, 3.8) is 0 Å². The monoisotopic (exact) mass is 235 g/mol. The van der Waals surface area contributed by atoms with E-state index < -0.39 is 0 Å². The summed E-state index contributed by atoms with van der Waals surface area (Å²) in [6, 6.07) is 7.36. The smallest absolute Gasteiger partial charge is 0.253 e. The van der Waals surface area contributed by atoms with Gasteiger partial charge in [-0.2, -0.15) is 0 Å². The number of nitrogens with one attached hydrogen (secondary N) is 1. The predicted molar refractivity (Wildman–Crippen MR) is 70.6 cm³/mol. The van der Waals surface area contributed by atoms with Crippen LogP contribution in [-0.4, -0.2) is 23.9 Å². The standard InChI is InChI=1S/C13H21N3O/c1-9(2)10(3)16(4)13(17)11-5-7-12(15-14)8-6-11/h5-10,15H,14H2,1-4H3. The Bertz CT molecular complexity index is 373. The number of nitrogen functional groups attached to an aromatic ring is 1. The topological polar surface area (TPSA) is 58.4 Å². The van der Waals surface area contributed by atoms with E-state index in [1.54, 1.807) is 29.2 Å². The van der Waals surface area contributed by atoms with E-state index >= 15 is 0 Å². The molecule has 0 spiro atoms. The van der Waals surface area contributed by atoms with Gasteiger partial charge in [-0.3, -0.25) is 10.6 Å². The summed E-state index contributed by atoms with van der Waals surface area (Å²) in [4.78, 5) is 13.9. The highest BCUT2D eigenvalue weighted by molar-refractivity contribution is 5.94. The number of amides is 1. The number of carbonyl (C=O) groups is 1. The summed E-state index contributed by atoms with van der Waals surface area (Å²) in [7, 11) is 1.84. The molecule has 1 atom stereocenters. The maximum absolute atomic E-state index is 12.2. The molecule has 1 unspecified atom stereocenters. The van der Waals surface area contributed by atoms with Gasteiger partial charge in [-0.1, -0.05) is 13.8 Å². The van der Waals surface area contributed by atoms with E-state index in [1.165, 1.54) is 0 Å². The summed E-state index contributed by atoms with van der Waals surface area (Å²) in [5.41, 5.74) is 4.01. The number of hydrazine groups is 1. The molecular weight excluding hydrogens is 214 g/mol. The molecule has 0 bridgehead atoms. The Labute approximate surface area is 103 Å². The van der Waals surface area contributed by atoms with Gasteiger partial charge < -0.3 is 10.3 Å². The predicted octanol–water partition coefficient (Wildman–Crippen LogP) is 2.09. The Morgan fingerprint density at radius 2 is 1.76 bits per heavy atom. The number of carbonyl (C=O) groups excluding carboxylic acids is 1. The number of anilines is 1. The van der Waals surface area contributed by atoms with Crippen LogP contribution in [0.4, 0.5) is 5.69 Å². The van der Waals surface area contributed by atoms with Crippen molar-refractivity contribution in [2.24, 2.45) is 11.8 Å². The van der Waals surface area contributed by atoms with Gasteiger partial charge in [0.15, 0.2) is 0 Å². The van der Waals surface area contributed by atoms with E-state index in [1.807, 2.05) is 7.05 Å². The van der Waals surface area contributed by atoms with Crippen LogP contribution in [0.2, 0.25) is 0 Å². The van der Waals surface area contributed by atoms with Gasteiger partial charge in [0.2, 0.25) is 0 Å². The van der Waals surface area contributed by atoms with Gasteiger partial charge in [-0.15, -0.1) is 0 Å². The number of nitrogens with two attached hydrogens (primary N) is 1. The molecule has 94 valence electrons. The molecular formula is C13H21N3O. The molecule has 0 aliphatic carbocycles. The Morgan fingerprint density at radius 1 is 1.24 bits per heavy atom. The summed E-state index contributed by atoms with van der Waals surface area (Å²) < 4.78 is 0. The summed E-state index contributed by atoms with van der Waals surface area (Å²) in [6.45, 7) is 6.27. The highest BCUT2D eigenvalue weighted by atomic mass is 16.2. The van der Waals surface area contributed by atoms with Crippen molar-refractivity contribution in [2.45, 2.75) is 26.8 Å². The van der Waals surface area contributed by atoms with Crippen molar-refractivity contribution in [3.05, 3.63) is 29.8 Å². The number of hydrogen-bond donors (Lipinski definition) is 2.